The molecule has 4 aromatic rings. The first-order valence-electron chi connectivity index (χ1n) is 14.5. The number of fused-ring (bicyclic) bond motifs is 2. The molecule has 0 bridgehead atoms. The zero-order valence-electron chi connectivity index (χ0n) is 24.0. The maximum Gasteiger partial charge on any atom is 0.573 e. The van der Waals surface area contributed by atoms with E-state index < -0.39 is 6.36 Å². The van der Waals surface area contributed by atoms with Crippen LogP contribution in [0.1, 0.15) is 36.0 Å². The van der Waals surface area contributed by atoms with Crippen molar-refractivity contribution in [2.24, 2.45) is 7.05 Å². The van der Waals surface area contributed by atoms with Gasteiger partial charge in [0.25, 0.3) is 5.91 Å². The van der Waals surface area contributed by atoms with Crippen LogP contribution in [-0.4, -0.2) is 97.9 Å². The fourth-order valence-corrected chi connectivity index (χ4v) is 6.62. The van der Waals surface area contributed by atoms with Gasteiger partial charge in [0, 0.05) is 51.4 Å². The van der Waals surface area contributed by atoms with E-state index in [0.717, 1.165) is 18.6 Å². The summed E-state index contributed by atoms with van der Waals surface area (Å²) < 4.78 is 44.2. The van der Waals surface area contributed by atoms with Crippen LogP contribution in [0.3, 0.4) is 0 Å². The number of likely N-dealkylation sites (tertiary alicyclic amines) is 2. The molecule has 236 valence electrons. The van der Waals surface area contributed by atoms with Gasteiger partial charge in [0.15, 0.2) is 5.13 Å². The minimum atomic E-state index is -4.78. The topological polar surface area (TPSA) is 128 Å². The maximum atomic E-state index is 13.5. The van der Waals surface area contributed by atoms with Gasteiger partial charge in [0.1, 0.15) is 5.75 Å². The van der Waals surface area contributed by atoms with Gasteiger partial charge in [-0.05, 0) is 56.0 Å². The number of aryl methyl sites for hydroxylation is 1. The molecule has 4 heterocycles. The predicted molar refractivity (Wildman–Crippen MR) is 160 cm³/mol. The van der Waals surface area contributed by atoms with E-state index in [4.69, 9.17) is 0 Å². The van der Waals surface area contributed by atoms with Crippen LogP contribution < -0.4 is 15.4 Å². The Morgan fingerprint density at radius 2 is 1.73 bits per heavy atom. The second kappa shape index (κ2) is 12.5. The van der Waals surface area contributed by atoms with Gasteiger partial charge in [-0.2, -0.15) is 0 Å². The zero-order valence-corrected chi connectivity index (χ0v) is 24.9. The minimum absolute atomic E-state index is 0.233. The number of nitrogens with one attached hydrogen (secondary N) is 2. The lowest BCUT2D eigenvalue weighted by Crippen LogP contribution is -2.57. The zero-order chi connectivity index (χ0) is 31.0. The molecule has 0 radical (unpaired) electrons. The highest BCUT2D eigenvalue weighted by atomic mass is 32.1. The Morgan fingerprint density at radius 1 is 1.02 bits per heavy atom. The third-order valence-corrected chi connectivity index (χ3v) is 9.11. The summed E-state index contributed by atoms with van der Waals surface area (Å²) in [6.45, 7) is 3.51. The van der Waals surface area contributed by atoms with Gasteiger partial charge >= 0.3 is 6.36 Å². The number of hydrogen-bond donors (Lipinski definition) is 4. The lowest BCUT2D eigenvalue weighted by Gasteiger charge is -2.40. The third kappa shape index (κ3) is 7.07. The summed E-state index contributed by atoms with van der Waals surface area (Å²) in [7, 11) is 1.82. The molecule has 2 aromatic carbocycles. The first-order valence-corrected chi connectivity index (χ1v) is 15.4. The number of thiazole rings is 1. The van der Waals surface area contributed by atoms with E-state index in [9.17, 15) is 28.2 Å². The molecule has 0 saturated carbocycles. The number of hydrogen-bond acceptors (Lipinski definition) is 10. The molecule has 11 nitrogen and oxygen atoms in total. The van der Waals surface area contributed by atoms with E-state index in [2.05, 4.69) is 35.1 Å². The van der Waals surface area contributed by atoms with E-state index in [0.29, 0.717) is 77.7 Å². The quantitative estimate of drug-likeness (QED) is 0.229. The molecular weight excluding hydrogens is 599 g/mol. The normalized spacial score (nSPS) is 18.6. The molecule has 4 N–H and O–H groups in total. The van der Waals surface area contributed by atoms with Crippen LogP contribution in [0.5, 0.6) is 5.75 Å². The molecule has 15 heteroatoms. The Bertz CT molecular complexity index is 1630. The van der Waals surface area contributed by atoms with E-state index in [1.165, 1.54) is 29.5 Å². The summed E-state index contributed by atoms with van der Waals surface area (Å²) in [5.74, 6) is -0.0905. The Morgan fingerprint density at radius 3 is 2.43 bits per heavy atom. The van der Waals surface area contributed by atoms with E-state index in [1.807, 2.05) is 17.7 Å². The van der Waals surface area contributed by atoms with Crippen LogP contribution in [0, 0.1) is 0 Å². The van der Waals surface area contributed by atoms with Crippen molar-refractivity contribution in [1.82, 2.24) is 29.7 Å². The molecule has 1 unspecified atom stereocenters. The summed E-state index contributed by atoms with van der Waals surface area (Å²) in [6.07, 6.45) is -2.93. The smallest absolute Gasteiger partial charge is 0.406 e. The number of amides is 1. The number of piperidine rings is 2. The highest BCUT2D eigenvalue weighted by molar-refractivity contribution is 7.22. The predicted octanol–water partition coefficient (Wildman–Crippen LogP) is 3.79. The molecule has 0 spiro atoms. The lowest BCUT2D eigenvalue weighted by molar-refractivity contribution is -0.274. The summed E-state index contributed by atoms with van der Waals surface area (Å²) in [5, 5.41) is 26.7. The second-order valence-corrected chi connectivity index (χ2v) is 12.3. The van der Waals surface area contributed by atoms with Crippen LogP contribution in [0.4, 0.5) is 24.3 Å². The number of rotatable bonds is 8. The number of alkyl halides is 3. The number of benzene rings is 2. The number of ether oxygens (including phenoxy) is 1. The van der Waals surface area contributed by atoms with Crippen LogP contribution in [0.25, 0.3) is 21.3 Å². The number of aliphatic hydroxyl groups excluding tert-OH is 2. The molecule has 2 aromatic heterocycles. The maximum absolute atomic E-state index is 13.5. The number of aromatic nitrogens is 3. The van der Waals surface area contributed by atoms with Gasteiger partial charge in [-0.3, -0.25) is 14.6 Å². The van der Waals surface area contributed by atoms with Crippen molar-refractivity contribution in [3.05, 3.63) is 42.0 Å². The second-order valence-electron chi connectivity index (χ2n) is 11.3. The minimum Gasteiger partial charge on any atom is -0.406 e. The Labute approximate surface area is 255 Å². The van der Waals surface area contributed by atoms with Crippen molar-refractivity contribution < 1.29 is 32.9 Å². The molecule has 2 fully saturated rings. The number of anilines is 2. The highest BCUT2D eigenvalue weighted by Crippen LogP contribution is 2.33. The van der Waals surface area contributed by atoms with Crippen LogP contribution in [0.15, 0.2) is 36.4 Å². The third-order valence-electron chi connectivity index (χ3n) is 8.18. The summed E-state index contributed by atoms with van der Waals surface area (Å²) in [4.78, 5) is 27.1. The fourth-order valence-electron chi connectivity index (χ4n) is 5.74. The fraction of sp³-hybridized carbons (Fsp3) is 0.483. The SMILES string of the molecule is Cn1c(Nc2nc3ccc(OC(F)(F)F)cc3s2)nc2cc(C(=O)NC(CN3CCC(O)CC3)N3CCC(O)CC3)ccc21. The van der Waals surface area contributed by atoms with Crippen molar-refractivity contribution in [3.63, 3.8) is 0 Å². The summed E-state index contributed by atoms with van der Waals surface area (Å²) in [6, 6.07) is 9.27. The van der Waals surface area contributed by atoms with Gasteiger partial charge in [0.2, 0.25) is 5.95 Å². The number of carbonyl (C=O) groups is 1. The number of carbonyl (C=O) groups excluding carboxylic acids is 1. The largest absolute Gasteiger partial charge is 0.573 e. The molecule has 6 rings (SSSR count). The summed E-state index contributed by atoms with van der Waals surface area (Å²) in [5.41, 5.74) is 2.34. The Kier molecular flexibility index (Phi) is 8.66. The van der Waals surface area contributed by atoms with Crippen molar-refractivity contribution in [2.75, 3.05) is 38.0 Å². The standard InChI is InChI=1S/C29H34F3N7O4S/c1-37-23-5-2-17(26(42)35-25(39-12-8-19(41)9-13-39)16-38-10-6-18(40)7-11-38)14-22(23)33-27(37)36-28-34-21-4-3-20(15-24(21)44-28)43-29(30,31)32/h2-5,14-15,18-19,25,40-41H,6-13,16H2,1H3,(H,35,42)(H,33,34,36). The van der Waals surface area contributed by atoms with Gasteiger partial charge in [-0.1, -0.05) is 11.3 Å². The van der Waals surface area contributed by atoms with Crippen molar-refractivity contribution in [2.45, 2.75) is 50.4 Å². The molecule has 1 amide bonds. The van der Waals surface area contributed by atoms with Crippen LogP contribution >= 0.6 is 11.3 Å². The molecular formula is C29H34F3N7O4S. The first kappa shape index (κ1) is 30.5. The van der Waals surface area contributed by atoms with Gasteiger partial charge in [-0.25, -0.2) is 9.97 Å². The molecule has 2 saturated heterocycles. The van der Waals surface area contributed by atoms with Crippen LogP contribution in [0.2, 0.25) is 0 Å². The van der Waals surface area contributed by atoms with Crippen molar-refractivity contribution in [1.29, 1.82) is 0 Å². The average molecular weight is 634 g/mol. The van der Waals surface area contributed by atoms with Crippen LogP contribution in [-0.2, 0) is 7.05 Å². The summed E-state index contributed by atoms with van der Waals surface area (Å²) >= 11 is 1.17. The van der Waals surface area contributed by atoms with Gasteiger partial charge < -0.3 is 30.2 Å². The number of aliphatic hydroxyl groups is 2. The molecule has 2 aliphatic heterocycles. The molecule has 0 aliphatic carbocycles. The van der Waals surface area contributed by atoms with E-state index >= 15 is 0 Å². The number of halogens is 3. The number of imidazole rings is 1. The number of nitrogens with zero attached hydrogens (tertiary/aromatic N) is 5. The Hall–Kier alpha value is -3.50. The Balaban J connectivity index is 1.18. The molecule has 2 aliphatic rings. The highest BCUT2D eigenvalue weighted by Gasteiger charge is 2.31. The lowest BCUT2D eigenvalue weighted by atomic mass is 10.1. The first-order chi connectivity index (χ1) is 21.0. The van der Waals surface area contributed by atoms with Gasteiger partial charge in [0.05, 0.1) is 39.6 Å². The van der Waals surface area contributed by atoms with Crippen molar-refractivity contribution in [3.8, 4) is 5.75 Å². The molecule has 1 atom stereocenters. The van der Waals surface area contributed by atoms with E-state index in [1.54, 1.807) is 12.1 Å². The monoisotopic (exact) mass is 633 g/mol. The van der Waals surface area contributed by atoms with Gasteiger partial charge in [-0.15, -0.1) is 13.2 Å². The molecule has 44 heavy (non-hydrogen) atoms. The van der Waals surface area contributed by atoms with Crippen molar-refractivity contribution >= 4 is 49.6 Å². The average Bonchev–Trinajstić information content (AvgIpc) is 3.52. The van der Waals surface area contributed by atoms with E-state index in [-0.39, 0.29) is 30.0 Å².